The molecule has 3 fully saturated rings. The van der Waals surface area contributed by atoms with Crippen LogP contribution in [0.25, 0.3) is 0 Å². The molecule has 0 bridgehead atoms. The number of piperazine rings is 1. The van der Waals surface area contributed by atoms with E-state index in [0.717, 1.165) is 18.1 Å². The average Bonchev–Trinajstić information content (AvgIpc) is 2.59. The first kappa shape index (κ1) is 12.0. The zero-order valence-corrected chi connectivity index (χ0v) is 12.2. The summed E-state index contributed by atoms with van der Waals surface area (Å²) in [7, 11) is 0. The summed E-state index contributed by atoms with van der Waals surface area (Å²) in [5.74, 6) is 0. The van der Waals surface area contributed by atoms with Crippen molar-refractivity contribution >= 4 is 0 Å². The smallest absolute Gasteiger partial charge is 0.0224 e. The van der Waals surface area contributed by atoms with Gasteiger partial charge in [-0.15, -0.1) is 0 Å². The molecule has 98 valence electrons. The lowest BCUT2D eigenvalue weighted by Crippen LogP contribution is -2.56. The minimum atomic E-state index is 0.502. The monoisotopic (exact) mass is 236 g/mol. The van der Waals surface area contributed by atoms with Crippen LogP contribution >= 0.6 is 0 Å². The molecular formula is C15H28N2. The SMILES string of the molecule is CC1CN2CCCC2CN1C1C(C)(C)C1(C)C. The van der Waals surface area contributed by atoms with Crippen LogP contribution in [0.2, 0.25) is 0 Å². The highest BCUT2D eigenvalue weighted by Crippen LogP contribution is 2.65. The molecule has 2 heterocycles. The van der Waals surface area contributed by atoms with Crippen molar-refractivity contribution in [2.75, 3.05) is 19.6 Å². The standard InChI is InChI=1S/C15H28N2/c1-11-9-16-8-6-7-12(16)10-17(11)13-14(2,3)15(13,4)5/h11-13H,6-10H2,1-5H3. The van der Waals surface area contributed by atoms with Gasteiger partial charge in [-0.1, -0.05) is 27.7 Å². The number of hydrogen-bond acceptors (Lipinski definition) is 2. The second kappa shape index (κ2) is 3.48. The highest BCUT2D eigenvalue weighted by Gasteiger charge is 2.68. The van der Waals surface area contributed by atoms with Crippen molar-refractivity contribution in [1.82, 2.24) is 9.80 Å². The van der Waals surface area contributed by atoms with Gasteiger partial charge in [0.1, 0.15) is 0 Å². The summed E-state index contributed by atoms with van der Waals surface area (Å²) in [4.78, 5) is 5.55. The molecule has 0 aromatic heterocycles. The molecule has 3 aliphatic rings. The first-order chi connectivity index (χ1) is 7.85. The van der Waals surface area contributed by atoms with Crippen LogP contribution < -0.4 is 0 Å². The number of rotatable bonds is 1. The lowest BCUT2D eigenvalue weighted by molar-refractivity contribution is 0.0409. The summed E-state index contributed by atoms with van der Waals surface area (Å²) in [6.45, 7) is 16.2. The summed E-state index contributed by atoms with van der Waals surface area (Å²) in [5.41, 5.74) is 1.00. The Bertz CT molecular complexity index is 307. The van der Waals surface area contributed by atoms with Crippen molar-refractivity contribution in [2.45, 2.75) is 65.6 Å². The van der Waals surface area contributed by atoms with Crippen molar-refractivity contribution < 1.29 is 0 Å². The Morgan fingerprint density at radius 3 is 2.24 bits per heavy atom. The molecule has 0 aromatic carbocycles. The molecule has 1 saturated carbocycles. The molecule has 0 aromatic rings. The van der Waals surface area contributed by atoms with E-state index < -0.39 is 0 Å². The lowest BCUT2D eigenvalue weighted by Gasteiger charge is -2.43. The van der Waals surface area contributed by atoms with Crippen LogP contribution in [0.3, 0.4) is 0 Å². The zero-order chi connectivity index (χ0) is 12.4. The van der Waals surface area contributed by atoms with Crippen molar-refractivity contribution in [1.29, 1.82) is 0 Å². The first-order valence-electron chi connectivity index (χ1n) is 7.35. The van der Waals surface area contributed by atoms with E-state index in [-0.39, 0.29) is 0 Å². The molecule has 2 nitrogen and oxygen atoms in total. The van der Waals surface area contributed by atoms with E-state index in [4.69, 9.17) is 0 Å². The maximum absolute atomic E-state index is 2.83. The fourth-order valence-electron chi connectivity index (χ4n) is 4.56. The summed E-state index contributed by atoms with van der Waals surface area (Å²) in [6, 6.07) is 2.40. The highest BCUT2D eigenvalue weighted by atomic mass is 15.4. The van der Waals surface area contributed by atoms with Gasteiger partial charge in [-0.2, -0.15) is 0 Å². The Morgan fingerprint density at radius 1 is 1.00 bits per heavy atom. The van der Waals surface area contributed by atoms with Gasteiger partial charge in [0.25, 0.3) is 0 Å². The molecule has 2 saturated heterocycles. The Hall–Kier alpha value is -0.0800. The topological polar surface area (TPSA) is 6.48 Å². The van der Waals surface area contributed by atoms with E-state index in [9.17, 15) is 0 Å². The molecular weight excluding hydrogens is 208 g/mol. The van der Waals surface area contributed by atoms with Crippen LogP contribution in [0, 0.1) is 10.8 Å². The van der Waals surface area contributed by atoms with Crippen molar-refractivity contribution in [3.63, 3.8) is 0 Å². The van der Waals surface area contributed by atoms with E-state index in [0.29, 0.717) is 10.8 Å². The van der Waals surface area contributed by atoms with E-state index in [1.54, 1.807) is 0 Å². The quantitative estimate of drug-likeness (QED) is 0.690. The van der Waals surface area contributed by atoms with Crippen LogP contribution in [-0.4, -0.2) is 47.6 Å². The van der Waals surface area contributed by atoms with E-state index >= 15 is 0 Å². The van der Waals surface area contributed by atoms with Crippen LogP contribution in [0.1, 0.15) is 47.5 Å². The largest absolute Gasteiger partial charge is 0.298 e. The molecule has 2 aliphatic heterocycles. The molecule has 0 radical (unpaired) electrons. The molecule has 0 amide bonds. The zero-order valence-electron chi connectivity index (χ0n) is 12.2. The van der Waals surface area contributed by atoms with Crippen LogP contribution in [0.15, 0.2) is 0 Å². The lowest BCUT2D eigenvalue weighted by atomic mass is 10.0. The normalized spacial score (nSPS) is 41.5. The molecule has 17 heavy (non-hydrogen) atoms. The van der Waals surface area contributed by atoms with Crippen LogP contribution in [0.5, 0.6) is 0 Å². The van der Waals surface area contributed by atoms with Crippen molar-refractivity contribution in [3.8, 4) is 0 Å². The minimum Gasteiger partial charge on any atom is -0.298 e. The fourth-order valence-corrected chi connectivity index (χ4v) is 4.56. The Kier molecular flexibility index (Phi) is 2.45. The molecule has 0 N–H and O–H groups in total. The fraction of sp³-hybridized carbons (Fsp3) is 1.00. The summed E-state index contributed by atoms with van der Waals surface area (Å²) < 4.78 is 0. The summed E-state index contributed by atoms with van der Waals surface area (Å²) in [6.07, 6.45) is 2.85. The van der Waals surface area contributed by atoms with E-state index in [1.165, 1.54) is 32.5 Å². The Labute approximate surface area is 106 Å². The van der Waals surface area contributed by atoms with Gasteiger partial charge >= 0.3 is 0 Å². The van der Waals surface area contributed by atoms with Gasteiger partial charge in [0, 0.05) is 31.2 Å². The van der Waals surface area contributed by atoms with Crippen LogP contribution in [0.4, 0.5) is 0 Å². The maximum Gasteiger partial charge on any atom is 0.0224 e. The second-order valence-corrected chi connectivity index (χ2v) is 7.68. The van der Waals surface area contributed by atoms with Gasteiger partial charge in [-0.25, -0.2) is 0 Å². The van der Waals surface area contributed by atoms with E-state index in [1.807, 2.05) is 0 Å². The molecule has 2 unspecified atom stereocenters. The van der Waals surface area contributed by atoms with Crippen LogP contribution in [-0.2, 0) is 0 Å². The molecule has 0 spiro atoms. The minimum absolute atomic E-state index is 0.502. The third kappa shape index (κ3) is 1.53. The molecule has 2 heteroatoms. The average molecular weight is 236 g/mol. The highest BCUT2D eigenvalue weighted by molar-refractivity contribution is 5.20. The Morgan fingerprint density at radius 2 is 1.65 bits per heavy atom. The summed E-state index contributed by atoms with van der Waals surface area (Å²) in [5, 5.41) is 0. The van der Waals surface area contributed by atoms with E-state index in [2.05, 4.69) is 44.4 Å². The maximum atomic E-state index is 2.83. The van der Waals surface area contributed by atoms with Gasteiger partial charge in [0.2, 0.25) is 0 Å². The van der Waals surface area contributed by atoms with Gasteiger partial charge in [0.05, 0.1) is 0 Å². The number of hydrogen-bond donors (Lipinski definition) is 0. The summed E-state index contributed by atoms with van der Waals surface area (Å²) >= 11 is 0. The predicted octanol–water partition coefficient (Wildman–Crippen LogP) is 2.59. The van der Waals surface area contributed by atoms with Gasteiger partial charge in [0.15, 0.2) is 0 Å². The first-order valence-corrected chi connectivity index (χ1v) is 7.35. The third-order valence-corrected chi connectivity index (χ3v) is 6.26. The van der Waals surface area contributed by atoms with Crippen molar-refractivity contribution in [3.05, 3.63) is 0 Å². The van der Waals surface area contributed by atoms with Gasteiger partial charge in [-0.05, 0) is 37.1 Å². The number of nitrogens with zero attached hydrogens (tertiary/aromatic N) is 2. The third-order valence-electron chi connectivity index (χ3n) is 6.26. The molecule has 1 aliphatic carbocycles. The second-order valence-electron chi connectivity index (χ2n) is 7.68. The number of fused-ring (bicyclic) bond motifs is 1. The van der Waals surface area contributed by atoms with Gasteiger partial charge < -0.3 is 0 Å². The predicted molar refractivity (Wildman–Crippen MR) is 72.1 cm³/mol. The van der Waals surface area contributed by atoms with Crippen molar-refractivity contribution in [2.24, 2.45) is 10.8 Å². The molecule has 3 rings (SSSR count). The molecule has 2 atom stereocenters. The van der Waals surface area contributed by atoms with Gasteiger partial charge in [-0.3, -0.25) is 9.80 Å². The Balaban J connectivity index is 1.76.